The van der Waals surface area contributed by atoms with Crippen LogP contribution < -0.4 is 10.2 Å². The van der Waals surface area contributed by atoms with Gasteiger partial charge in [-0.1, -0.05) is 6.07 Å². The van der Waals surface area contributed by atoms with E-state index in [9.17, 15) is 8.42 Å². The summed E-state index contributed by atoms with van der Waals surface area (Å²) in [5, 5.41) is 5.82. The van der Waals surface area contributed by atoms with Crippen LogP contribution in [0.5, 0.6) is 0 Å². The number of hydrogen-bond donors (Lipinski definition) is 2. The first kappa shape index (κ1) is 19.0. The molecule has 10 heteroatoms. The molecule has 3 rings (SSSR count). The Labute approximate surface area is 158 Å². The van der Waals surface area contributed by atoms with Crippen LogP contribution in [-0.4, -0.2) is 88.3 Å². The molecule has 1 aromatic rings. The predicted molar refractivity (Wildman–Crippen MR) is 102 cm³/mol. The minimum Gasteiger partial charge on any atom is -0.370 e. The van der Waals surface area contributed by atoms with Crippen LogP contribution in [0.15, 0.2) is 21.7 Å². The van der Waals surface area contributed by atoms with Gasteiger partial charge in [0.2, 0.25) is 0 Å². The van der Waals surface area contributed by atoms with Gasteiger partial charge in [0.05, 0.1) is 26.3 Å². The van der Waals surface area contributed by atoms with E-state index in [2.05, 4.69) is 10.2 Å². The molecule has 2 N–H and O–H groups in total. The van der Waals surface area contributed by atoms with Crippen LogP contribution in [0.4, 0.5) is 0 Å². The molecule has 0 bridgehead atoms. The molecular formula is C15H25N4O3S3+. The number of rotatable bonds is 5. The van der Waals surface area contributed by atoms with Crippen LogP contribution in [0.25, 0.3) is 0 Å². The van der Waals surface area contributed by atoms with E-state index >= 15 is 0 Å². The van der Waals surface area contributed by atoms with Crippen molar-refractivity contribution >= 4 is 38.7 Å². The molecule has 0 radical (unpaired) electrons. The number of thiocarbonyl (C=S) groups is 1. The molecule has 0 atom stereocenters. The van der Waals surface area contributed by atoms with Crippen LogP contribution in [0.3, 0.4) is 0 Å². The van der Waals surface area contributed by atoms with Gasteiger partial charge >= 0.3 is 0 Å². The summed E-state index contributed by atoms with van der Waals surface area (Å²) in [4.78, 5) is 3.60. The van der Waals surface area contributed by atoms with Gasteiger partial charge in [-0.2, -0.15) is 4.31 Å². The van der Waals surface area contributed by atoms with E-state index in [1.807, 2.05) is 0 Å². The molecule has 3 heterocycles. The third-order valence-electron chi connectivity index (χ3n) is 4.57. The average molecular weight is 406 g/mol. The van der Waals surface area contributed by atoms with Crippen LogP contribution >= 0.6 is 23.6 Å². The van der Waals surface area contributed by atoms with Crippen molar-refractivity contribution in [3.8, 4) is 0 Å². The topological polar surface area (TPSA) is 66.3 Å². The Morgan fingerprint density at radius 3 is 2.64 bits per heavy atom. The Morgan fingerprint density at radius 1 is 1.28 bits per heavy atom. The number of morpholine rings is 1. The maximum absolute atomic E-state index is 12.5. The van der Waals surface area contributed by atoms with Gasteiger partial charge < -0.3 is 19.9 Å². The summed E-state index contributed by atoms with van der Waals surface area (Å²) < 4.78 is 32.4. The van der Waals surface area contributed by atoms with Gasteiger partial charge in [-0.3, -0.25) is 0 Å². The zero-order valence-electron chi connectivity index (χ0n) is 14.1. The highest BCUT2D eigenvalue weighted by atomic mass is 32.2. The first-order valence-corrected chi connectivity index (χ1v) is 11.3. The SMILES string of the molecule is O=S(=O)(c1cccs1)N1CCN(C(=S)NCC[NH+]2CCOCC2)CC1. The summed E-state index contributed by atoms with van der Waals surface area (Å²) in [6.07, 6.45) is 0. The summed E-state index contributed by atoms with van der Waals surface area (Å²) >= 11 is 6.73. The largest absolute Gasteiger partial charge is 0.370 e. The minimum atomic E-state index is -3.35. The Hall–Kier alpha value is -0.780. The van der Waals surface area contributed by atoms with E-state index in [4.69, 9.17) is 17.0 Å². The van der Waals surface area contributed by atoms with Crippen LogP contribution in [0.1, 0.15) is 0 Å². The van der Waals surface area contributed by atoms with Gasteiger partial charge in [-0.15, -0.1) is 11.3 Å². The van der Waals surface area contributed by atoms with Crippen molar-refractivity contribution in [1.29, 1.82) is 0 Å². The fourth-order valence-electron chi connectivity index (χ4n) is 3.04. The van der Waals surface area contributed by atoms with Crippen LogP contribution in [0.2, 0.25) is 0 Å². The molecule has 2 saturated heterocycles. The summed E-state index contributed by atoms with van der Waals surface area (Å²) in [6, 6.07) is 3.43. The number of nitrogens with one attached hydrogen (secondary N) is 2. The lowest BCUT2D eigenvalue weighted by atomic mass is 10.4. The Kier molecular flexibility index (Phi) is 6.64. The molecule has 0 unspecified atom stereocenters. The highest BCUT2D eigenvalue weighted by molar-refractivity contribution is 7.91. The van der Waals surface area contributed by atoms with Gasteiger partial charge in [0, 0.05) is 26.2 Å². The molecule has 140 valence electrons. The van der Waals surface area contributed by atoms with Gasteiger partial charge in [0.25, 0.3) is 10.0 Å². The number of nitrogens with zero attached hydrogens (tertiary/aromatic N) is 2. The lowest BCUT2D eigenvalue weighted by Crippen LogP contribution is -3.14. The van der Waals surface area contributed by atoms with Gasteiger partial charge in [-0.05, 0) is 23.7 Å². The van der Waals surface area contributed by atoms with Crippen molar-refractivity contribution in [3.63, 3.8) is 0 Å². The van der Waals surface area contributed by atoms with Crippen molar-refractivity contribution in [2.24, 2.45) is 0 Å². The summed E-state index contributed by atoms with van der Waals surface area (Å²) in [5.41, 5.74) is 0. The molecule has 7 nitrogen and oxygen atoms in total. The van der Waals surface area contributed by atoms with E-state index in [0.717, 1.165) is 44.5 Å². The normalized spacial score (nSPS) is 20.6. The van der Waals surface area contributed by atoms with E-state index < -0.39 is 10.0 Å². The number of thiophene rings is 1. The van der Waals surface area contributed by atoms with Crippen molar-refractivity contribution in [2.75, 3.05) is 65.6 Å². The Balaban J connectivity index is 1.41. The summed E-state index contributed by atoms with van der Waals surface area (Å²) in [6.45, 7) is 7.82. The quantitative estimate of drug-likeness (QED) is 0.603. The molecular weight excluding hydrogens is 380 g/mol. The molecule has 0 aliphatic carbocycles. The lowest BCUT2D eigenvalue weighted by Gasteiger charge is -2.35. The van der Waals surface area contributed by atoms with Crippen molar-refractivity contribution < 1.29 is 18.1 Å². The average Bonchev–Trinajstić information content (AvgIpc) is 3.18. The fraction of sp³-hybridized carbons (Fsp3) is 0.667. The highest BCUT2D eigenvalue weighted by Gasteiger charge is 2.29. The molecule has 0 aromatic carbocycles. The van der Waals surface area contributed by atoms with Gasteiger partial charge in [-0.25, -0.2) is 8.42 Å². The van der Waals surface area contributed by atoms with E-state index in [1.54, 1.807) is 21.8 Å². The molecule has 25 heavy (non-hydrogen) atoms. The third-order valence-corrected chi connectivity index (χ3v) is 8.24. The molecule has 2 aliphatic heterocycles. The van der Waals surface area contributed by atoms with E-state index in [-0.39, 0.29) is 0 Å². The van der Waals surface area contributed by atoms with Crippen molar-refractivity contribution in [3.05, 3.63) is 17.5 Å². The Morgan fingerprint density at radius 2 is 2.00 bits per heavy atom. The number of piperazine rings is 1. The van der Waals surface area contributed by atoms with Crippen molar-refractivity contribution in [2.45, 2.75) is 4.21 Å². The highest BCUT2D eigenvalue weighted by Crippen LogP contribution is 2.21. The first-order valence-electron chi connectivity index (χ1n) is 8.55. The van der Waals surface area contributed by atoms with E-state index in [0.29, 0.717) is 30.4 Å². The zero-order chi connectivity index (χ0) is 17.7. The molecule has 0 saturated carbocycles. The van der Waals surface area contributed by atoms with Gasteiger partial charge in [0.1, 0.15) is 17.3 Å². The molecule has 1 aromatic heterocycles. The summed E-state index contributed by atoms with van der Waals surface area (Å²) in [7, 11) is -3.35. The van der Waals surface area contributed by atoms with Crippen molar-refractivity contribution in [1.82, 2.24) is 14.5 Å². The number of quaternary nitrogens is 1. The molecule has 0 amide bonds. The first-order chi connectivity index (χ1) is 12.1. The predicted octanol–water partition coefficient (Wildman–Crippen LogP) is -1.16. The third kappa shape index (κ3) is 4.89. The Bertz CT molecular complexity index is 652. The maximum Gasteiger partial charge on any atom is 0.252 e. The smallest absolute Gasteiger partial charge is 0.252 e. The van der Waals surface area contributed by atoms with Gasteiger partial charge in [0.15, 0.2) is 5.11 Å². The fourth-order valence-corrected chi connectivity index (χ4v) is 5.89. The minimum absolute atomic E-state index is 0.412. The van der Waals surface area contributed by atoms with E-state index in [1.165, 1.54) is 16.2 Å². The summed E-state index contributed by atoms with van der Waals surface area (Å²) in [5.74, 6) is 0. The monoisotopic (exact) mass is 405 g/mol. The number of hydrogen-bond acceptors (Lipinski definition) is 5. The molecule has 2 aliphatic rings. The van der Waals surface area contributed by atoms with Crippen LogP contribution in [0, 0.1) is 0 Å². The second-order valence-electron chi connectivity index (χ2n) is 6.17. The molecule has 2 fully saturated rings. The lowest BCUT2D eigenvalue weighted by molar-refractivity contribution is -0.906. The zero-order valence-corrected chi connectivity index (χ0v) is 16.6. The number of sulfonamides is 1. The second-order valence-corrected chi connectivity index (χ2v) is 9.67. The second kappa shape index (κ2) is 8.74. The number of ether oxygens (including phenoxy) is 1. The standard InChI is InChI=1S/C15H24N4O3S3/c20-25(21,14-2-1-13-24-14)19-7-5-18(6-8-19)15(23)16-3-4-17-9-11-22-12-10-17/h1-2,13H,3-12H2,(H,16,23)/p+1. The maximum atomic E-state index is 12.5. The molecule has 0 spiro atoms. The van der Waals surface area contributed by atoms with Crippen LogP contribution in [-0.2, 0) is 14.8 Å².